The van der Waals surface area contributed by atoms with E-state index in [0.29, 0.717) is 36.5 Å². The van der Waals surface area contributed by atoms with Crippen molar-refractivity contribution in [2.24, 2.45) is 47.3 Å². The first kappa shape index (κ1) is 53.9. The van der Waals surface area contributed by atoms with Gasteiger partial charge in [-0.15, -0.1) is 0 Å². The Morgan fingerprint density at radius 3 is 1.81 bits per heavy atom. The van der Waals surface area contributed by atoms with Gasteiger partial charge in [-0.1, -0.05) is 165 Å². The molecule has 0 aromatic heterocycles. The van der Waals surface area contributed by atoms with Crippen LogP contribution in [0.25, 0.3) is 0 Å². The van der Waals surface area contributed by atoms with E-state index >= 15 is 0 Å². The number of esters is 2. The van der Waals surface area contributed by atoms with Crippen molar-refractivity contribution in [1.29, 1.82) is 0 Å². The van der Waals surface area contributed by atoms with Gasteiger partial charge in [-0.25, -0.2) is 0 Å². The zero-order valence-corrected chi connectivity index (χ0v) is 41.7. The molecule has 0 spiro atoms. The van der Waals surface area contributed by atoms with Crippen LogP contribution in [0.3, 0.4) is 0 Å². The van der Waals surface area contributed by atoms with Crippen LogP contribution < -0.4 is 0 Å². The Labute approximate surface area is 356 Å². The summed E-state index contributed by atoms with van der Waals surface area (Å²) < 4.78 is 19.3. The summed E-state index contributed by atoms with van der Waals surface area (Å²) in [5.41, 5.74) is 0. The fourth-order valence-electron chi connectivity index (χ4n) is 10.4. The summed E-state index contributed by atoms with van der Waals surface area (Å²) >= 11 is 0. The molecule has 1 rings (SSSR count). The maximum absolute atomic E-state index is 14.0. The number of hydrogen-bond donors (Lipinski definition) is 0. The van der Waals surface area contributed by atoms with Crippen molar-refractivity contribution >= 4 is 20.3 Å². The molecule has 1 fully saturated rings. The largest absolute Gasteiger partial charge is 0.463 e. The topological polar surface area (TPSA) is 61.8 Å². The van der Waals surface area contributed by atoms with Gasteiger partial charge in [0, 0.05) is 25.2 Å². The summed E-state index contributed by atoms with van der Waals surface area (Å²) in [6.07, 6.45) is 25.7. The monoisotopic (exact) mass is 819 g/mol. The molecular weight excluding hydrogens is 721 g/mol. The molecule has 5 nitrogen and oxygen atoms in total. The molecule has 336 valence electrons. The molecule has 7 unspecified atom stereocenters. The van der Waals surface area contributed by atoms with E-state index in [2.05, 4.69) is 101 Å². The Morgan fingerprint density at radius 1 is 0.667 bits per heavy atom. The molecule has 57 heavy (non-hydrogen) atoms. The molecular formula is C51H98O5Si. The molecule has 10 atom stereocenters. The van der Waals surface area contributed by atoms with E-state index < -0.39 is 8.32 Å². The fourth-order valence-corrected chi connectivity index (χ4v) is 11.8. The normalized spacial score (nSPS) is 22.4. The van der Waals surface area contributed by atoms with Gasteiger partial charge in [-0.2, -0.15) is 0 Å². The minimum Gasteiger partial charge on any atom is -0.463 e. The first-order valence-electron chi connectivity index (χ1n) is 24.7. The van der Waals surface area contributed by atoms with Crippen LogP contribution in [0.2, 0.25) is 18.1 Å². The van der Waals surface area contributed by atoms with E-state index in [4.69, 9.17) is 13.9 Å². The van der Waals surface area contributed by atoms with Crippen molar-refractivity contribution in [3.63, 3.8) is 0 Å². The molecule has 6 heteroatoms. The van der Waals surface area contributed by atoms with Gasteiger partial charge < -0.3 is 13.9 Å². The maximum atomic E-state index is 14.0. The average molecular weight is 819 g/mol. The van der Waals surface area contributed by atoms with E-state index in [-0.39, 0.29) is 41.2 Å². The predicted octanol–water partition coefficient (Wildman–Crippen LogP) is 15.7. The summed E-state index contributed by atoms with van der Waals surface area (Å²) in [4.78, 5) is 26.2. The molecule has 0 aromatic carbocycles. The van der Waals surface area contributed by atoms with Crippen molar-refractivity contribution in [3.8, 4) is 0 Å². The minimum absolute atomic E-state index is 0.0108. The third-order valence-corrected chi connectivity index (χ3v) is 19.4. The van der Waals surface area contributed by atoms with Crippen molar-refractivity contribution in [2.75, 3.05) is 0 Å². The van der Waals surface area contributed by atoms with Crippen molar-refractivity contribution in [2.45, 2.75) is 255 Å². The SMILES string of the molecule is CCCCCCCC[C@@H]1C(C/C=C\CCCC(=O)OC(C)C)[C@@H](OC(=O)CCC(CC)C(CC)C(CC)C(CC)C(CC)C(C)CC)C[C@H]1O[Si](C)(C)C(C)(C)C. The summed E-state index contributed by atoms with van der Waals surface area (Å²) in [6.45, 7) is 34.6. The quantitative estimate of drug-likeness (QED) is 0.0302. The van der Waals surface area contributed by atoms with Crippen LogP contribution >= 0.6 is 0 Å². The van der Waals surface area contributed by atoms with E-state index in [1.807, 2.05) is 13.8 Å². The van der Waals surface area contributed by atoms with Crippen LogP contribution in [-0.4, -0.2) is 38.6 Å². The van der Waals surface area contributed by atoms with Crippen molar-refractivity contribution < 1.29 is 23.5 Å². The average Bonchev–Trinajstić information content (AvgIpc) is 3.45. The van der Waals surface area contributed by atoms with Crippen molar-refractivity contribution in [3.05, 3.63) is 12.2 Å². The van der Waals surface area contributed by atoms with E-state index in [1.165, 1.54) is 70.6 Å². The second kappa shape index (κ2) is 28.4. The Morgan fingerprint density at radius 2 is 1.26 bits per heavy atom. The number of rotatable bonds is 31. The molecule has 1 aliphatic rings. The van der Waals surface area contributed by atoms with Crippen LogP contribution in [0.5, 0.6) is 0 Å². The molecule has 0 aromatic rings. The summed E-state index contributed by atoms with van der Waals surface area (Å²) in [6, 6.07) is 0. The number of unbranched alkanes of at least 4 members (excludes halogenated alkanes) is 6. The maximum Gasteiger partial charge on any atom is 0.306 e. The second-order valence-electron chi connectivity index (χ2n) is 20.1. The highest BCUT2D eigenvalue weighted by Crippen LogP contribution is 2.47. The lowest BCUT2D eigenvalue weighted by Crippen LogP contribution is -2.45. The number of ether oxygens (including phenoxy) is 2. The Bertz CT molecular complexity index is 1090. The third-order valence-electron chi connectivity index (χ3n) is 14.8. The Kier molecular flexibility index (Phi) is 26.8. The van der Waals surface area contributed by atoms with E-state index in [1.54, 1.807) is 0 Å². The summed E-state index contributed by atoms with van der Waals surface area (Å²) in [7, 11) is -2.05. The molecule has 0 aliphatic heterocycles. The Hall–Kier alpha value is -1.14. The fraction of sp³-hybridized carbons (Fsp3) is 0.922. The zero-order chi connectivity index (χ0) is 43.2. The molecule has 1 aliphatic carbocycles. The van der Waals surface area contributed by atoms with Gasteiger partial charge in [0.1, 0.15) is 6.10 Å². The molecule has 0 radical (unpaired) electrons. The first-order valence-corrected chi connectivity index (χ1v) is 27.6. The standard InChI is InChI=1S/C51H98O5Si/c1-16-23-24-25-26-29-33-46-45(32-30-27-28-31-34-49(52)54-38(8)9)47(37-48(46)56-57(14,15)51(11,12)13)55-50(53)36-35-40(18-3)42(20-5)44(22-7)43(21-6)41(19-4)39(10)17-2/h27,30,38-48H,16-26,28-29,31-37H2,1-15H3/b30-27-/t39?,40?,41?,42?,43?,44?,45?,46-,47+,48-/m1/s1. The Balaban J connectivity index is 3.30. The van der Waals surface area contributed by atoms with Gasteiger partial charge in [0.05, 0.1) is 12.2 Å². The van der Waals surface area contributed by atoms with Gasteiger partial charge in [0.15, 0.2) is 8.32 Å². The summed E-state index contributed by atoms with van der Waals surface area (Å²) in [5.74, 6) is 4.61. The highest BCUT2D eigenvalue weighted by atomic mass is 28.4. The van der Waals surface area contributed by atoms with Crippen LogP contribution in [-0.2, 0) is 23.5 Å². The van der Waals surface area contributed by atoms with Gasteiger partial charge in [0.2, 0.25) is 0 Å². The van der Waals surface area contributed by atoms with Gasteiger partial charge in [-0.05, 0) is 106 Å². The minimum atomic E-state index is -2.05. The number of allylic oxidation sites excluding steroid dienone is 2. The van der Waals surface area contributed by atoms with Gasteiger partial charge >= 0.3 is 11.9 Å². The van der Waals surface area contributed by atoms with Crippen molar-refractivity contribution in [1.82, 2.24) is 0 Å². The number of carbonyl (C=O) groups excluding carboxylic acids is 2. The first-order chi connectivity index (χ1) is 27.0. The smallest absolute Gasteiger partial charge is 0.306 e. The van der Waals surface area contributed by atoms with Gasteiger partial charge in [-0.3, -0.25) is 9.59 Å². The lowest BCUT2D eigenvalue weighted by Gasteiger charge is -2.42. The molecule has 0 amide bonds. The van der Waals surface area contributed by atoms with Gasteiger partial charge in [0.25, 0.3) is 0 Å². The number of hydrogen-bond acceptors (Lipinski definition) is 5. The second-order valence-corrected chi connectivity index (χ2v) is 24.8. The highest BCUT2D eigenvalue weighted by molar-refractivity contribution is 6.74. The van der Waals surface area contributed by atoms with Crippen LogP contribution in [0.15, 0.2) is 12.2 Å². The molecule has 1 saturated carbocycles. The lowest BCUT2D eigenvalue weighted by atomic mass is 9.63. The molecule has 0 N–H and O–H groups in total. The molecule has 0 heterocycles. The van der Waals surface area contributed by atoms with E-state index in [0.717, 1.165) is 62.7 Å². The third kappa shape index (κ3) is 18.6. The number of carbonyl (C=O) groups is 2. The van der Waals surface area contributed by atoms with Crippen LogP contribution in [0, 0.1) is 47.3 Å². The highest BCUT2D eigenvalue weighted by Gasteiger charge is 2.49. The lowest BCUT2D eigenvalue weighted by molar-refractivity contribution is -0.152. The summed E-state index contributed by atoms with van der Waals surface area (Å²) in [5, 5.41) is 0.114. The molecule has 0 saturated heterocycles. The predicted molar refractivity (Wildman–Crippen MR) is 248 cm³/mol. The van der Waals surface area contributed by atoms with Crippen LogP contribution in [0.1, 0.15) is 218 Å². The van der Waals surface area contributed by atoms with E-state index in [9.17, 15) is 9.59 Å². The van der Waals surface area contributed by atoms with Crippen LogP contribution in [0.4, 0.5) is 0 Å². The molecule has 0 bridgehead atoms. The zero-order valence-electron chi connectivity index (χ0n) is 40.7.